The van der Waals surface area contributed by atoms with Crippen LogP contribution in [-0.2, 0) is 11.5 Å². The number of ether oxygens (including phenoxy) is 1. The molecule has 1 saturated heterocycles. The van der Waals surface area contributed by atoms with E-state index in [2.05, 4.69) is 25.3 Å². The van der Waals surface area contributed by atoms with Crippen molar-refractivity contribution in [1.29, 1.82) is 0 Å². The number of nitrogens with zero attached hydrogens (tertiary/aromatic N) is 4. The van der Waals surface area contributed by atoms with Gasteiger partial charge in [0.05, 0.1) is 24.4 Å². The highest BCUT2D eigenvalue weighted by Crippen LogP contribution is 2.30. The first kappa shape index (κ1) is 22.7. The Hall–Kier alpha value is -2.46. The predicted molar refractivity (Wildman–Crippen MR) is 127 cm³/mol. The van der Waals surface area contributed by atoms with Crippen LogP contribution in [0.25, 0.3) is 11.4 Å². The number of hydrogen-bond acceptors (Lipinski definition) is 6. The second-order valence-electron chi connectivity index (χ2n) is 7.51. The summed E-state index contributed by atoms with van der Waals surface area (Å²) in [5, 5.41) is 7.22. The van der Waals surface area contributed by atoms with Crippen molar-refractivity contribution in [1.82, 2.24) is 24.6 Å². The van der Waals surface area contributed by atoms with Gasteiger partial charge in [-0.15, -0.1) is 0 Å². The van der Waals surface area contributed by atoms with Gasteiger partial charge in [-0.1, -0.05) is 23.2 Å². The van der Waals surface area contributed by atoms with Crippen LogP contribution in [0.5, 0.6) is 5.75 Å². The molecule has 0 aliphatic carbocycles. The van der Waals surface area contributed by atoms with Crippen molar-refractivity contribution >= 4 is 47.1 Å². The molecule has 168 valence electrons. The zero-order valence-electron chi connectivity index (χ0n) is 17.3. The van der Waals surface area contributed by atoms with Crippen molar-refractivity contribution in [3.05, 3.63) is 51.3 Å². The van der Waals surface area contributed by atoms with E-state index >= 15 is 0 Å². The van der Waals surface area contributed by atoms with Crippen molar-refractivity contribution in [3.63, 3.8) is 0 Å². The molecule has 1 aliphatic rings. The first-order valence-corrected chi connectivity index (χ1v) is 11.2. The smallest absolute Gasteiger partial charge is 0.228 e. The average Bonchev–Trinajstić information content (AvgIpc) is 3.15. The van der Waals surface area contributed by atoms with Gasteiger partial charge in [0.15, 0.2) is 5.82 Å². The number of carbonyl (C=O) groups excluding carboxylic acids is 1. The highest BCUT2D eigenvalue weighted by Gasteiger charge is 2.25. The summed E-state index contributed by atoms with van der Waals surface area (Å²) in [4.78, 5) is 23.4. The summed E-state index contributed by atoms with van der Waals surface area (Å²) in [6, 6.07) is 8.75. The number of methoxy groups -OCH3 is 1. The van der Waals surface area contributed by atoms with Gasteiger partial charge in [-0.05, 0) is 55.4 Å². The number of nitrogens with one attached hydrogen (secondary N) is 2. The standard InChI is InChI=1S/C21H22Cl2N6O2S/c1-31-17-4-2-14(22)10-16(17)19-26-21(32)29(27-19)12-28-8-6-13(7-9-28)20(30)25-18-5-3-15(23)11-24-18/h2-5,10-11,13H,6-9,12H2,1H3,(H,24,25,30)(H,26,27,32). The summed E-state index contributed by atoms with van der Waals surface area (Å²) < 4.78 is 7.66. The molecular formula is C21H22Cl2N6O2S. The largest absolute Gasteiger partial charge is 0.496 e. The minimum absolute atomic E-state index is 0.0204. The number of halogens is 2. The van der Waals surface area contributed by atoms with Crippen LogP contribution in [0.3, 0.4) is 0 Å². The second kappa shape index (κ2) is 9.99. The van der Waals surface area contributed by atoms with Gasteiger partial charge in [-0.25, -0.2) is 9.67 Å². The molecule has 1 aromatic carbocycles. The summed E-state index contributed by atoms with van der Waals surface area (Å²) in [6.07, 6.45) is 3.01. The van der Waals surface area contributed by atoms with Gasteiger partial charge in [0, 0.05) is 30.2 Å². The van der Waals surface area contributed by atoms with Gasteiger partial charge in [0.1, 0.15) is 11.6 Å². The molecule has 0 bridgehead atoms. The van der Waals surface area contributed by atoms with Crippen LogP contribution in [0.15, 0.2) is 36.5 Å². The van der Waals surface area contributed by atoms with E-state index in [0.29, 0.717) is 38.9 Å². The Kier molecular flexibility index (Phi) is 7.10. The number of amides is 1. The summed E-state index contributed by atoms with van der Waals surface area (Å²) >= 11 is 17.4. The number of piperidine rings is 1. The zero-order chi connectivity index (χ0) is 22.7. The Morgan fingerprint density at radius 1 is 1.25 bits per heavy atom. The molecule has 0 saturated carbocycles. The van der Waals surface area contributed by atoms with E-state index in [-0.39, 0.29) is 11.8 Å². The van der Waals surface area contributed by atoms with E-state index < -0.39 is 0 Å². The number of carbonyl (C=O) groups is 1. The molecule has 0 spiro atoms. The molecule has 3 aromatic rings. The minimum atomic E-state index is -0.0650. The van der Waals surface area contributed by atoms with E-state index in [9.17, 15) is 4.79 Å². The number of likely N-dealkylation sites (tertiary alicyclic amines) is 1. The van der Waals surface area contributed by atoms with Crippen LogP contribution < -0.4 is 10.1 Å². The molecule has 1 fully saturated rings. The van der Waals surface area contributed by atoms with Gasteiger partial charge >= 0.3 is 0 Å². The van der Waals surface area contributed by atoms with Crippen molar-refractivity contribution in [2.45, 2.75) is 19.5 Å². The molecule has 0 radical (unpaired) electrons. The lowest BCUT2D eigenvalue weighted by molar-refractivity contribution is -0.121. The lowest BCUT2D eigenvalue weighted by Gasteiger charge is -2.31. The molecule has 2 N–H and O–H groups in total. The first-order chi connectivity index (χ1) is 15.4. The first-order valence-electron chi connectivity index (χ1n) is 10.1. The van der Waals surface area contributed by atoms with Crippen LogP contribution in [0.4, 0.5) is 5.82 Å². The number of anilines is 1. The molecule has 1 aliphatic heterocycles. The maximum atomic E-state index is 12.6. The van der Waals surface area contributed by atoms with E-state index in [1.165, 1.54) is 6.20 Å². The number of benzene rings is 1. The van der Waals surface area contributed by atoms with Crippen LogP contribution >= 0.6 is 35.4 Å². The Bertz CT molecular complexity index is 1160. The molecule has 11 heteroatoms. The molecule has 4 rings (SSSR count). The fourth-order valence-electron chi connectivity index (χ4n) is 3.65. The summed E-state index contributed by atoms with van der Waals surface area (Å²) in [7, 11) is 1.60. The monoisotopic (exact) mass is 492 g/mol. The highest BCUT2D eigenvalue weighted by molar-refractivity contribution is 7.71. The molecular weight excluding hydrogens is 471 g/mol. The van der Waals surface area contributed by atoms with Gasteiger partial charge in [-0.2, -0.15) is 4.98 Å². The molecule has 2 aromatic heterocycles. The van der Waals surface area contributed by atoms with Crippen molar-refractivity contribution in [3.8, 4) is 17.1 Å². The van der Waals surface area contributed by atoms with Crippen molar-refractivity contribution in [2.75, 3.05) is 25.5 Å². The van der Waals surface area contributed by atoms with E-state index in [1.54, 1.807) is 37.4 Å². The fraction of sp³-hybridized carbons (Fsp3) is 0.333. The van der Waals surface area contributed by atoms with Gasteiger partial charge in [0.2, 0.25) is 10.7 Å². The van der Waals surface area contributed by atoms with Crippen LogP contribution in [0.1, 0.15) is 12.8 Å². The Morgan fingerprint density at radius 3 is 2.69 bits per heavy atom. The SMILES string of the molecule is COc1ccc(Cl)cc1-c1nc(=S)n(CN2CCC(C(=O)Nc3ccc(Cl)cn3)CC2)[nH]1. The molecule has 0 unspecified atom stereocenters. The predicted octanol–water partition coefficient (Wildman–Crippen LogP) is 4.63. The third kappa shape index (κ3) is 5.29. The second-order valence-corrected chi connectivity index (χ2v) is 8.75. The average molecular weight is 493 g/mol. The molecule has 32 heavy (non-hydrogen) atoms. The van der Waals surface area contributed by atoms with Gasteiger partial charge < -0.3 is 10.1 Å². The number of hydrogen-bond donors (Lipinski definition) is 2. The van der Waals surface area contributed by atoms with Crippen LogP contribution in [0, 0.1) is 10.7 Å². The Balaban J connectivity index is 1.36. The van der Waals surface area contributed by atoms with Crippen molar-refractivity contribution in [2.24, 2.45) is 5.92 Å². The molecule has 3 heterocycles. The third-order valence-electron chi connectivity index (χ3n) is 5.37. The topological polar surface area (TPSA) is 88.1 Å². The Labute approximate surface area is 200 Å². The number of H-pyrrole nitrogens is 1. The zero-order valence-corrected chi connectivity index (χ0v) is 19.7. The number of aromatic amines is 1. The highest BCUT2D eigenvalue weighted by atomic mass is 35.5. The third-order valence-corrected chi connectivity index (χ3v) is 6.14. The maximum Gasteiger partial charge on any atom is 0.228 e. The van der Waals surface area contributed by atoms with E-state index in [1.807, 2.05) is 4.68 Å². The number of aromatic nitrogens is 4. The van der Waals surface area contributed by atoms with Crippen LogP contribution in [0.2, 0.25) is 10.0 Å². The van der Waals surface area contributed by atoms with Crippen molar-refractivity contribution < 1.29 is 9.53 Å². The molecule has 0 atom stereocenters. The maximum absolute atomic E-state index is 12.6. The fourth-order valence-corrected chi connectivity index (χ4v) is 4.13. The summed E-state index contributed by atoms with van der Waals surface area (Å²) in [5.41, 5.74) is 0.746. The number of rotatable bonds is 6. The molecule has 8 nitrogen and oxygen atoms in total. The number of pyridine rings is 1. The quantitative estimate of drug-likeness (QED) is 0.487. The minimum Gasteiger partial charge on any atom is -0.496 e. The molecule has 1 amide bonds. The lowest BCUT2D eigenvalue weighted by atomic mass is 9.96. The van der Waals surface area contributed by atoms with Gasteiger partial charge in [-0.3, -0.25) is 14.8 Å². The Morgan fingerprint density at radius 2 is 2.00 bits per heavy atom. The van der Waals surface area contributed by atoms with Gasteiger partial charge in [0.25, 0.3) is 0 Å². The van der Waals surface area contributed by atoms with Crippen LogP contribution in [-0.4, -0.2) is 50.8 Å². The lowest BCUT2D eigenvalue weighted by Crippen LogP contribution is -2.39. The van der Waals surface area contributed by atoms with E-state index in [0.717, 1.165) is 31.5 Å². The normalized spacial score (nSPS) is 15.0. The summed E-state index contributed by atoms with van der Waals surface area (Å²) in [5.74, 6) is 1.68. The summed E-state index contributed by atoms with van der Waals surface area (Å²) in [6.45, 7) is 2.09. The van der Waals surface area contributed by atoms with E-state index in [4.69, 9.17) is 40.2 Å².